The van der Waals surface area contributed by atoms with E-state index in [1.165, 1.54) is 6.07 Å². The van der Waals surface area contributed by atoms with Crippen LogP contribution in [0, 0.1) is 12.7 Å². The predicted molar refractivity (Wildman–Crippen MR) is 92.7 cm³/mol. The summed E-state index contributed by atoms with van der Waals surface area (Å²) in [5.41, 5.74) is 3.45. The number of benzene rings is 1. The van der Waals surface area contributed by atoms with Crippen molar-refractivity contribution in [1.29, 1.82) is 0 Å². The van der Waals surface area contributed by atoms with Gasteiger partial charge in [-0.2, -0.15) is 20.2 Å². The Morgan fingerprint density at radius 2 is 2.00 bits per heavy atom. The van der Waals surface area contributed by atoms with Crippen LogP contribution in [0.5, 0.6) is 0 Å². The molecule has 5 nitrogen and oxygen atoms in total. The number of rotatable bonds is 5. The van der Waals surface area contributed by atoms with Crippen molar-refractivity contribution in [1.82, 2.24) is 15.5 Å². The fourth-order valence-corrected chi connectivity index (χ4v) is 2.33. The lowest BCUT2D eigenvalue weighted by Gasteiger charge is -2.16. The normalized spacial score (nSPS) is 13.0. The molecule has 0 spiro atoms. The molecule has 2 aromatic rings. The molecule has 0 radical (unpaired) electrons. The van der Waals surface area contributed by atoms with Gasteiger partial charge in [-0.1, -0.05) is 24.2 Å². The number of aromatic nitrogens is 2. The number of amidine groups is 1. The lowest BCUT2D eigenvalue weighted by Crippen LogP contribution is -2.29. The summed E-state index contributed by atoms with van der Waals surface area (Å²) in [6.07, 6.45) is 4.60. The van der Waals surface area contributed by atoms with Gasteiger partial charge >= 0.3 is 0 Å². The summed E-state index contributed by atoms with van der Waals surface area (Å²) in [4.78, 5) is 8.65. The Kier molecular flexibility index (Phi) is 4.66. The molecule has 24 heavy (non-hydrogen) atoms. The molecule has 2 heterocycles. The molecule has 1 aromatic heterocycles. The van der Waals surface area contributed by atoms with Gasteiger partial charge in [0.05, 0.1) is 17.4 Å². The number of nitrogens with one attached hydrogen (secondary N) is 1. The van der Waals surface area contributed by atoms with Gasteiger partial charge in [0.1, 0.15) is 5.82 Å². The quantitative estimate of drug-likeness (QED) is 0.904. The van der Waals surface area contributed by atoms with Crippen molar-refractivity contribution >= 4 is 23.4 Å². The number of allylic oxidation sites excluding steroid dienone is 1. The highest BCUT2D eigenvalue weighted by Crippen LogP contribution is 2.17. The Balaban J connectivity index is 1.51. The van der Waals surface area contributed by atoms with Crippen molar-refractivity contribution in [3.63, 3.8) is 0 Å². The Morgan fingerprint density at radius 1 is 1.25 bits per heavy atom. The molecular weight excluding hydrogens is 329 g/mol. The van der Waals surface area contributed by atoms with Crippen LogP contribution in [0.15, 0.2) is 52.9 Å². The lowest BCUT2D eigenvalue weighted by molar-refractivity contribution is 0.625. The summed E-state index contributed by atoms with van der Waals surface area (Å²) in [6, 6.07) is 4.79. The van der Waals surface area contributed by atoms with E-state index in [0.29, 0.717) is 24.6 Å². The van der Waals surface area contributed by atoms with Gasteiger partial charge in [-0.05, 0) is 43.0 Å². The minimum atomic E-state index is -0.410. The first-order chi connectivity index (χ1) is 11.5. The van der Waals surface area contributed by atoms with Crippen LogP contribution in [0.3, 0.4) is 0 Å². The molecule has 1 aromatic carbocycles. The molecule has 1 N–H and O–H groups in total. The van der Waals surface area contributed by atoms with Crippen LogP contribution in [0.1, 0.15) is 23.1 Å². The molecule has 0 atom stereocenters. The van der Waals surface area contributed by atoms with Gasteiger partial charge in [0.2, 0.25) is 5.96 Å². The fraction of sp³-hybridized carbons (Fsp3) is 0.176. The smallest absolute Gasteiger partial charge is 0.231 e. The summed E-state index contributed by atoms with van der Waals surface area (Å²) < 4.78 is 13.4. The molecular formula is C17H15ClFN5. The maximum absolute atomic E-state index is 13.4. The van der Waals surface area contributed by atoms with E-state index in [1.54, 1.807) is 24.5 Å². The minimum Gasteiger partial charge on any atom is -0.328 e. The van der Waals surface area contributed by atoms with Gasteiger partial charge in [-0.25, -0.2) is 4.39 Å². The molecule has 122 valence electrons. The van der Waals surface area contributed by atoms with E-state index in [-0.39, 0.29) is 5.02 Å². The molecule has 1 aliphatic rings. The van der Waals surface area contributed by atoms with Gasteiger partial charge in [0.25, 0.3) is 0 Å². The first-order valence-electron chi connectivity index (χ1n) is 7.36. The van der Waals surface area contributed by atoms with Crippen LogP contribution in [0.4, 0.5) is 4.39 Å². The molecule has 0 saturated carbocycles. The highest BCUT2D eigenvalue weighted by Gasteiger charge is 2.17. The maximum Gasteiger partial charge on any atom is 0.231 e. The number of hydrogen-bond acceptors (Lipinski definition) is 5. The Labute approximate surface area is 144 Å². The van der Waals surface area contributed by atoms with Crippen LogP contribution in [-0.2, 0) is 6.42 Å². The zero-order chi connectivity index (χ0) is 17.1. The van der Waals surface area contributed by atoms with Crippen LogP contribution in [-0.4, -0.2) is 22.0 Å². The van der Waals surface area contributed by atoms with Gasteiger partial charge < -0.3 is 5.32 Å². The molecule has 0 saturated heterocycles. The number of guanidine groups is 1. The molecule has 3 rings (SSSR count). The second kappa shape index (κ2) is 6.88. The van der Waals surface area contributed by atoms with Crippen LogP contribution < -0.4 is 5.32 Å². The average molecular weight is 344 g/mol. The third-order valence-corrected chi connectivity index (χ3v) is 3.89. The number of halogens is 2. The van der Waals surface area contributed by atoms with E-state index in [4.69, 9.17) is 11.6 Å². The third-order valence-electron chi connectivity index (χ3n) is 3.58. The number of nitrogens with zero attached hydrogens (tertiary/aromatic N) is 4. The van der Waals surface area contributed by atoms with Gasteiger partial charge in [-0.3, -0.25) is 0 Å². The van der Waals surface area contributed by atoms with Crippen molar-refractivity contribution in [2.45, 2.75) is 19.8 Å². The first-order valence-corrected chi connectivity index (χ1v) is 7.74. The molecule has 0 amide bonds. The van der Waals surface area contributed by atoms with Crippen molar-refractivity contribution < 1.29 is 4.39 Å². The second-order valence-electron chi connectivity index (χ2n) is 5.43. The SMILES string of the molecule is C=C(CCc1ccc(Cl)c(F)c1)NC1=NC(c2cnncc2C)=N1. The molecule has 0 fully saturated rings. The Hall–Kier alpha value is -2.60. The van der Waals surface area contributed by atoms with Crippen molar-refractivity contribution in [2.24, 2.45) is 9.98 Å². The molecule has 1 aliphatic heterocycles. The monoisotopic (exact) mass is 343 g/mol. The summed E-state index contributed by atoms with van der Waals surface area (Å²) in [5, 5.41) is 10.8. The van der Waals surface area contributed by atoms with Crippen molar-refractivity contribution in [3.8, 4) is 0 Å². The van der Waals surface area contributed by atoms with E-state index in [0.717, 1.165) is 22.4 Å². The first kappa shape index (κ1) is 16.3. The summed E-state index contributed by atoms with van der Waals surface area (Å²) in [5.74, 6) is 0.720. The Bertz CT molecular complexity index is 860. The topological polar surface area (TPSA) is 62.5 Å². The Morgan fingerprint density at radius 3 is 2.71 bits per heavy atom. The average Bonchev–Trinajstić information content (AvgIpc) is 2.53. The summed E-state index contributed by atoms with van der Waals surface area (Å²) in [6.45, 7) is 5.87. The van der Waals surface area contributed by atoms with Crippen molar-refractivity contribution in [2.75, 3.05) is 0 Å². The molecule has 0 unspecified atom stereocenters. The second-order valence-corrected chi connectivity index (χ2v) is 5.84. The molecule has 0 bridgehead atoms. The zero-order valence-corrected chi connectivity index (χ0v) is 13.8. The van der Waals surface area contributed by atoms with Crippen LogP contribution >= 0.6 is 11.6 Å². The van der Waals surface area contributed by atoms with Gasteiger partial charge in [0.15, 0.2) is 5.84 Å². The van der Waals surface area contributed by atoms with Crippen LogP contribution in [0.25, 0.3) is 0 Å². The highest BCUT2D eigenvalue weighted by molar-refractivity contribution is 6.30. The van der Waals surface area contributed by atoms with E-state index in [1.807, 2.05) is 6.92 Å². The standard InChI is InChI=1S/C17H15ClFN5/c1-10-8-20-21-9-13(10)16-23-17(24-16)22-11(2)3-4-12-5-6-14(18)15(19)7-12/h5-9H,2-4H2,1H3,(H,22,23,24). The van der Waals surface area contributed by atoms with E-state index >= 15 is 0 Å². The van der Waals surface area contributed by atoms with Crippen molar-refractivity contribution in [3.05, 3.63) is 70.4 Å². The number of aliphatic imine (C=N–C) groups is 2. The lowest BCUT2D eigenvalue weighted by atomic mass is 10.1. The largest absolute Gasteiger partial charge is 0.328 e. The third kappa shape index (κ3) is 3.65. The van der Waals surface area contributed by atoms with E-state index in [9.17, 15) is 4.39 Å². The molecule has 7 heteroatoms. The minimum absolute atomic E-state index is 0.127. The van der Waals surface area contributed by atoms with E-state index < -0.39 is 5.82 Å². The van der Waals surface area contributed by atoms with Gasteiger partial charge in [-0.15, -0.1) is 0 Å². The van der Waals surface area contributed by atoms with Gasteiger partial charge in [0, 0.05) is 11.3 Å². The van der Waals surface area contributed by atoms with E-state index in [2.05, 4.69) is 32.1 Å². The fourth-order valence-electron chi connectivity index (χ4n) is 2.21. The summed E-state index contributed by atoms with van der Waals surface area (Å²) in [7, 11) is 0. The zero-order valence-electron chi connectivity index (χ0n) is 13.1. The summed E-state index contributed by atoms with van der Waals surface area (Å²) >= 11 is 5.67. The molecule has 0 aliphatic carbocycles. The highest BCUT2D eigenvalue weighted by atomic mass is 35.5. The number of aryl methyl sites for hydroxylation is 2. The maximum atomic E-state index is 13.4. The predicted octanol–water partition coefficient (Wildman–Crippen LogP) is 3.43. The number of hydrogen-bond donors (Lipinski definition) is 1. The van der Waals surface area contributed by atoms with Crippen LogP contribution in [0.2, 0.25) is 5.02 Å².